The molecule has 130 valence electrons. The molecule has 0 atom stereocenters. The van der Waals surface area contributed by atoms with Crippen LogP contribution in [0.25, 0.3) is 0 Å². The summed E-state index contributed by atoms with van der Waals surface area (Å²) in [7, 11) is 0. The third-order valence-electron chi connectivity index (χ3n) is 4.09. The van der Waals surface area contributed by atoms with Gasteiger partial charge in [0.1, 0.15) is 11.4 Å². The summed E-state index contributed by atoms with van der Waals surface area (Å²) in [4.78, 5) is 41.0. The zero-order chi connectivity index (χ0) is 17.8. The van der Waals surface area contributed by atoms with Crippen LogP contribution in [0.4, 0.5) is 0 Å². The van der Waals surface area contributed by atoms with E-state index in [0.29, 0.717) is 31.5 Å². The summed E-state index contributed by atoms with van der Waals surface area (Å²) in [6.45, 7) is 0.985. The van der Waals surface area contributed by atoms with Crippen molar-refractivity contribution in [1.29, 1.82) is 0 Å². The summed E-state index contributed by atoms with van der Waals surface area (Å²) in [6.07, 6.45) is 1.31. The first kappa shape index (κ1) is 17.1. The molecule has 0 unspecified atom stereocenters. The molecule has 3 rings (SSSR count). The highest BCUT2D eigenvalue weighted by Crippen LogP contribution is 2.15. The van der Waals surface area contributed by atoms with Crippen LogP contribution in [0.15, 0.2) is 35.0 Å². The van der Waals surface area contributed by atoms with Gasteiger partial charge in [-0.2, -0.15) is 11.3 Å². The summed E-state index contributed by atoms with van der Waals surface area (Å²) in [6, 6.07) is 6.18. The first-order valence-electron chi connectivity index (χ1n) is 7.87. The molecule has 1 aliphatic heterocycles. The van der Waals surface area contributed by atoms with E-state index >= 15 is 0 Å². The average Bonchev–Trinajstić information content (AvgIpc) is 3.17. The normalized spacial score (nSPS) is 15.0. The number of likely N-dealkylation sites (tertiary alicyclic amines) is 1. The second-order valence-corrected chi connectivity index (χ2v) is 6.55. The Bertz CT molecular complexity index is 783. The maximum Gasteiger partial charge on any atom is 0.354 e. The van der Waals surface area contributed by atoms with Crippen LogP contribution >= 0.6 is 11.3 Å². The summed E-state index contributed by atoms with van der Waals surface area (Å²) in [5.74, 6) is -1.54. The van der Waals surface area contributed by atoms with Gasteiger partial charge in [-0.1, -0.05) is 6.07 Å². The SMILES string of the molecule is O=C(NC1CCN(C(=O)c2cccc(C(=O)O)n2)CC1)c1ccsc1. The fraction of sp³-hybridized carbons (Fsp3) is 0.294. The molecule has 0 aromatic carbocycles. The van der Waals surface area contributed by atoms with Crippen molar-refractivity contribution in [3.05, 3.63) is 52.0 Å². The number of hydrogen-bond donors (Lipinski definition) is 2. The van der Waals surface area contributed by atoms with Crippen molar-refractivity contribution in [1.82, 2.24) is 15.2 Å². The lowest BCUT2D eigenvalue weighted by atomic mass is 10.0. The van der Waals surface area contributed by atoms with Gasteiger partial charge in [0.25, 0.3) is 11.8 Å². The third kappa shape index (κ3) is 4.03. The molecule has 7 nitrogen and oxygen atoms in total. The fourth-order valence-electron chi connectivity index (χ4n) is 2.72. The van der Waals surface area contributed by atoms with Gasteiger partial charge in [-0.15, -0.1) is 0 Å². The molecule has 3 heterocycles. The van der Waals surface area contributed by atoms with Gasteiger partial charge < -0.3 is 15.3 Å². The van der Waals surface area contributed by atoms with E-state index in [-0.39, 0.29) is 29.2 Å². The summed E-state index contributed by atoms with van der Waals surface area (Å²) in [5, 5.41) is 15.6. The molecule has 25 heavy (non-hydrogen) atoms. The molecule has 0 radical (unpaired) electrons. The van der Waals surface area contributed by atoms with Crippen LogP contribution in [-0.4, -0.2) is 51.9 Å². The first-order chi connectivity index (χ1) is 12.0. The monoisotopic (exact) mass is 359 g/mol. The largest absolute Gasteiger partial charge is 0.477 e. The van der Waals surface area contributed by atoms with E-state index in [4.69, 9.17) is 5.11 Å². The van der Waals surface area contributed by atoms with Crippen LogP contribution in [0.1, 0.15) is 44.2 Å². The zero-order valence-electron chi connectivity index (χ0n) is 13.3. The first-order valence-corrected chi connectivity index (χ1v) is 8.81. The Morgan fingerprint density at radius 2 is 1.88 bits per heavy atom. The Balaban J connectivity index is 1.56. The lowest BCUT2D eigenvalue weighted by molar-refractivity contribution is 0.0687. The highest BCUT2D eigenvalue weighted by atomic mass is 32.1. The van der Waals surface area contributed by atoms with E-state index in [0.717, 1.165) is 0 Å². The highest BCUT2D eigenvalue weighted by molar-refractivity contribution is 7.08. The van der Waals surface area contributed by atoms with Crippen LogP contribution in [0.5, 0.6) is 0 Å². The molecule has 0 bridgehead atoms. The Labute approximate surface area is 148 Å². The Kier molecular flexibility index (Phi) is 5.08. The molecule has 1 aliphatic rings. The van der Waals surface area contributed by atoms with Gasteiger partial charge in [0, 0.05) is 30.1 Å². The van der Waals surface area contributed by atoms with Gasteiger partial charge in [-0.25, -0.2) is 9.78 Å². The van der Waals surface area contributed by atoms with E-state index in [1.807, 2.05) is 5.38 Å². The lowest BCUT2D eigenvalue weighted by Gasteiger charge is -2.32. The predicted molar refractivity (Wildman–Crippen MR) is 91.9 cm³/mol. The number of carboxylic acids is 1. The van der Waals surface area contributed by atoms with E-state index in [2.05, 4.69) is 10.3 Å². The molecular formula is C17H17N3O4S. The highest BCUT2D eigenvalue weighted by Gasteiger charge is 2.26. The molecule has 2 N–H and O–H groups in total. The van der Waals surface area contributed by atoms with Crippen molar-refractivity contribution < 1.29 is 19.5 Å². The molecule has 2 amide bonds. The second-order valence-electron chi connectivity index (χ2n) is 5.77. The molecule has 0 spiro atoms. The van der Waals surface area contributed by atoms with Gasteiger partial charge in [0.15, 0.2) is 0 Å². The van der Waals surface area contributed by atoms with Gasteiger partial charge >= 0.3 is 5.97 Å². The molecule has 2 aromatic heterocycles. The standard InChI is InChI=1S/C17H17N3O4S/c21-15(11-6-9-25-10-11)18-12-4-7-20(8-5-12)16(22)13-2-1-3-14(19-13)17(23)24/h1-3,6,9-10,12H,4-5,7-8H2,(H,18,21)(H,23,24). The van der Waals surface area contributed by atoms with Crippen LogP contribution in [0.3, 0.4) is 0 Å². The Morgan fingerprint density at radius 3 is 2.52 bits per heavy atom. The Hall–Kier alpha value is -2.74. The number of aromatic carboxylic acids is 1. The number of thiophene rings is 1. The maximum absolute atomic E-state index is 12.5. The van der Waals surface area contributed by atoms with E-state index < -0.39 is 5.97 Å². The third-order valence-corrected chi connectivity index (χ3v) is 4.77. The van der Waals surface area contributed by atoms with Gasteiger partial charge in [-0.05, 0) is 36.4 Å². The lowest BCUT2D eigenvalue weighted by Crippen LogP contribution is -2.46. The quantitative estimate of drug-likeness (QED) is 0.868. The number of pyridine rings is 1. The maximum atomic E-state index is 12.5. The number of carbonyl (C=O) groups excluding carboxylic acids is 2. The van der Waals surface area contributed by atoms with Crippen LogP contribution in [-0.2, 0) is 0 Å². The number of carbonyl (C=O) groups is 3. The van der Waals surface area contributed by atoms with Gasteiger partial charge in [0.2, 0.25) is 0 Å². The number of carboxylic acid groups (broad SMARTS) is 1. The zero-order valence-corrected chi connectivity index (χ0v) is 14.2. The smallest absolute Gasteiger partial charge is 0.354 e. The summed E-state index contributed by atoms with van der Waals surface area (Å²) < 4.78 is 0. The minimum Gasteiger partial charge on any atom is -0.477 e. The minimum absolute atomic E-state index is 0.0229. The van der Waals surface area contributed by atoms with E-state index in [1.165, 1.54) is 29.5 Å². The molecule has 0 saturated carbocycles. The van der Waals surface area contributed by atoms with Crippen LogP contribution in [0, 0.1) is 0 Å². The topological polar surface area (TPSA) is 99.6 Å². The Morgan fingerprint density at radius 1 is 1.16 bits per heavy atom. The van der Waals surface area contributed by atoms with Crippen molar-refractivity contribution in [3.8, 4) is 0 Å². The van der Waals surface area contributed by atoms with E-state index in [9.17, 15) is 14.4 Å². The summed E-state index contributed by atoms with van der Waals surface area (Å²) >= 11 is 1.47. The number of nitrogens with zero attached hydrogens (tertiary/aromatic N) is 2. The van der Waals surface area contributed by atoms with Crippen LogP contribution < -0.4 is 5.32 Å². The molecule has 0 aliphatic carbocycles. The van der Waals surface area contributed by atoms with E-state index in [1.54, 1.807) is 16.3 Å². The molecule has 1 fully saturated rings. The summed E-state index contributed by atoms with van der Waals surface area (Å²) in [5.41, 5.74) is 0.627. The molecule has 8 heteroatoms. The number of aromatic nitrogens is 1. The second kappa shape index (κ2) is 7.43. The predicted octanol–water partition coefficient (Wildman–Crippen LogP) is 1.88. The number of hydrogen-bond acceptors (Lipinski definition) is 5. The number of nitrogens with one attached hydrogen (secondary N) is 1. The molecule has 1 saturated heterocycles. The number of rotatable bonds is 4. The van der Waals surface area contributed by atoms with Crippen molar-refractivity contribution in [2.75, 3.05) is 13.1 Å². The number of amides is 2. The minimum atomic E-state index is -1.16. The van der Waals surface area contributed by atoms with Gasteiger partial charge in [0.05, 0.1) is 0 Å². The number of piperidine rings is 1. The van der Waals surface area contributed by atoms with Crippen molar-refractivity contribution in [2.45, 2.75) is 18.9 Å². The average molecular weight is 359 g/mol. The van der Waals surface area contributed by atoms with Crippen molar-refractivity contribution in [2.24, 2.45) is 0 Å². The fourth-order valence-corrected chi connectivity index (χ4v) is 3.36. The molecular weight excluding hydrogens is 342 g/mol. The van der Waals surface area contributed by atoms with Crippen molar-refractivity contribution in [3.63, 3.8) is 0 Å². The molecule has 2 aromatic rings. The van der Waals surface area contributed by atoms with Crippen LogP contribution in [0.2, 0.25) is 0 Å². The van der Waals surface area contributed by atoms with Gasteiger partial charge in [-0.3, -0.25) is 9.59 Å². The van der Waals surface area contributed by atoms with Crippen molar-refractivity contribution >= 4 is 29.1 Å².